The molecule has 0 bridgehead atoms. The van der Waals surface area contributed by atoms with Gasteiger partial charge >= 0.3 is 5.97 Å². The number of carbonyl (C=O) groups excluding carboxylic acids is 1. The van der Waals surface area contributed by atoms with Crippen LogP contribution in [0.1, 0.15) is 45.5 Å². The molecule has 1 fully saturated rings. The molecular formula is C23H28N2O4. The van der Waals surface area contributed by atoms with Gasteiger partial charge in [-0.3, -0.25) is 9.69 Å². The molecule has 0 unspecified atom stereocenters. The number of hydrogen-bond acceptors (Lipinski definition) is 4. The molecule has 0 saturated carbocycles. The summed E-state index contributed by atoms with van der Waals surface area (Å²) >= 11 is 0. The van der Waals surface area contributed by atoms with Crippen LogP contribution in [0.15, 0.2) is 54.6 Å². The summed E-state index contributed by atoms with van der Waals surface area (Å²) in [4.78, 5) is 25.6. The maximum atomic E-state index is 12.1. The van der Waals surface area contributed by atoms with E-state index in [2.05, 4.69) is 34.5 Å². The smallest absolute Gasteiger partial charge is 0.335 e. The number of carbonyl (C=O) groups is 2. The minimum absolute atomic E-state index is 0.111. The van der Waals surface area contributed by atoms with Gasteiger partial charge in [0, 0.05) is 38.3 Å². The molecule has 0 atom stereocenters. The van der Waals surface area contributed by atoms with Crippen LogP contribution in [0.3, 0.4) is 0 Å². The minimum Gasteiger partial charge on any atom is -0.478 e. The van der Waals surface area contributed by atoms with Gasteiger partial charge in [0.05, 0.1) is 11.7 Å². The number of aromatic carboxylic acids is 1. The van der Waals surface area contributed by atoms with Crippen molar-refractivity contribution in [3.8, 4) is 0 Å². The van der Waals surface area contributed by atoms with Gasteiger partial charge < -0.3 is 15.2 Å². The number of carboxylic acids is 1. The number of benzene rings is 2. The zero-order valence-corrected chi connectivity index (χ0v) is 16.5. The van der Waals surface area contributed by atoms with Crippen LogP contribution in [0.5, 0.6) is 0 Å². The van der Waals surface area contributed by atoms with E-state index < -0.39 is 5.97 Å². The monoisotopic (exact) mass is 396 g/mol. The van der Waals surface area contributed by atoms with E-state index in [-0.39, 0.29) is 17.6 Å². The molecule has 2 N–H and O–H groups in total. The van der Waals surface area contributed by atoms with E-state index in [9.17, 15) is 9.59 Å². The molecule has 2 aromatic rings. The molecule has 0 spiro atoms. The van der Waals surface area contributed by atoms with Gasteiger partial charge in [0.15, 0.2) is 0 Å². The van der Waals surface area contributed by atoms with Crippen molar-refractivity contribution in [2.45, 2.75) is 31.9 Å². The van der Waals surface area contributed by atoms with Crippen molar-refractivity contribution >= 4 is 11.9 Å². The number of carboxylic acid groups (broad SMARTS) is 1. The fourth-order valence-corrected chi connectivity index (χ4v) is 3.50. The van der Waals surface area contributed by atoms with Crippen LogP contribution in [0.25, 0.3) is 0 Å². The van der Waals surface area contributed by atoms with Crippen molar-refractivity contribution in [3.05, 3.63) is 71.3 Å². The van der Waals surface area contributed by atoms with Gasteiger partial charge in [-0.05, 0) is 43.0 Å². The first-order chi connectivity index (χ1) is 14.1. The lowest BCUT2D eigenvalue weighted by molar-refractivity contribution is 0.00514. The van der Waals surface area contributed by atoms with Gasteiger partial charge in [-0.2, -0.15) is 0 Å². The molecule has 1 saturated heterocycles. The molecule has 1 aliphatic rings. The van der Waals surface area contributed by atoms with Crippen LogP contribution >= 0.6 is 0 Å². The molecule has 1 aliphatic heterocycles. The number of ether oxygens (including phenoxy) is 1. The highest BCUT2D eigenvalue weighted by atomic mass is 16.5. The fraction of sp³-hybridized carbons (Fsp3) is 0.391. The standard InChI is InChI=1S/C23H28N2O4/c26-22(19-8-4-9-20(16-19)23(27)28)24-12-5-15-29-21-10-13-25(14-11-21)17-18-6-2-1-3-7-18/h1-4,6-9,16,21H,5,10-15,17H2,(H,24,26)(H,27,28). The van der Waals surface area contributed by atoms with E-state index in [1.807, 2.05) is 6.07 Å². The lowest BCUT2D eigenvalue weighted by atomic mass is 10.1. The van der Waals surface area contributed by atoms with E-state index in [1.54, 1.807) is 12.1 Å². The zero-order valence-electron chi connectivity index (χ0n) is 16.5. The van der Waals surface area contributed by atoms with Crippen LogP contribution in [0.4, 0.5) is 0 Å². The topological polar surface area (TPSA) is 78.9 Å². The van der Waals surface area contributed by atoms with E-state index in [1.165, 1.54) is 17.7 Å². The summed E-state index contributed by atoms with van der Waals surface area (Å²) < 4.78 is 5.96. The summed E-state index contributed by atoms with van der Waals surface area (Å²) in [6, 6.07) is 16.6. The molecule has 3 rings (SSSR count). The Balaban J connectivity index is 1.29. The Morgan fingerprint density at radius 1 is 1.03 bits per heavy atom. The molecule has 0 aromatic heterocycles. The average molecular weight is 396 g/mol. The van der Waals surface area contributed by atoms with Crippen LogP contribution in [-0.4, -0.2) is 54.2 Å². The van der Waals surface area contributed by atoms with Gasteiger partial charge in [-0.25, -0.2) is 4.79 Å². The van der Waals surface area contributed by atoms with Gasteiger partial charge in [-0.1, -0.05) is 36.4 Å². The third-order valence-electron chi connectivity index (χ3n) is 5.12. The summed E-state index contributed by atoms with van der Waals surface area (Å²) in [5.41, 5.74) is 1.81. The van der Waals surface area contributed by atoms with E-state index >= 15 is 0 Å². The van der Waals surface area contributed by atoms with Gasteiger partial charge in [0.1, 0.15) is 0 Å². The number of likely N-dealkylation sites (tertiary alicyclic amines) is 1. The Morgan fingerprint density at radius 3 is 2.48 bits per heavy atom. The normalized spacial score (nSPS) is 15.2. The van der Waals surface area contributed by atoms with Crippen molar-refractivity contribution in [1.82, 2.24) is 10.2 Å². The third kappa shape index (κ3) is 6.69. The van der Waals surface area contributed by atoms with Crippen LogP contribution < -0.4 is 5.32 Å². The quantitative estimate of drug-likeness (QED) is 0.637. The molecule has 6 heteroatoms. The molecule has 154 valence electrons. The number of piperidine rings is 1. The maximum Gasteiger partial charge on any atom is 0.335 e. The van der Waals surface area contributed by atoms with Crippen LogP contribution in [-0.2, 0) is 11.3 Å². The molecule has 29 heavy (non-hydrogen) atoms. The Labute approximate surface area is 171 Å². The highest BCUT2D eigenvalue weighted by molar-refractivity contribution is 5.97. The van der Waals surface area contributed by atoms with Crippen LogP contribution in [0.2, 0.25) is 0 Å². The average Bonchev–Trinajstić information content (AvgIpc) is 2.75. The van der Waals surface area contributed by atoms with Crippen molar-refractivity contribution in [1.29, 1.82) is 0 Å². The summed E-state index contributed by atoms with van der Waals surface area (Å²) in [5, 5.41) is 11.8. The predicted octanol–water partition coefficient (Wildman–Crippen LogP) is 3.19. The second-order valence-electron chi connectivity index (χ2n) is 7.33. The second-order valence-corrected chi connectivity index (χ2v) is 7.33. The van der Waals surface area contributed by atoms with Gasteiger partial charge in [-0.15, -0.1) is 0 Å². The number of nitrogens with zero attached hydrogens (tertiary/aromatic N) is 1. The lowest BCUT2D eigenvalue weighted by Crippen LogP contribution is -2.36. The summed E-state index contributed by atoms with van der Waals surface area (Å²) in [6.07, 6.45) is 3.07. The number of nitrogens with one attached hydrogen (secondary N) is 1. The molecule has 2 aromatic carbocycles. The molecule has 1 amide bonds. The van der Waals surface area contributed by atoms with Gasteiger partial charge in [0.25, 0.3) is 5.91 Å². The largest absolute Gasteiger partial charge is 0.478 e. The fourth-order valence-electron chi connectivity index (χ4n) is 3.50. The first-order valence-corrected chi connectivity index (χ1v) is 10.1. The predicted molar refractivity (Wildman–Crippen MR) is 111 cm³/mol. The van der Waals surface area contributed by atoms with Crippen molar-refractivity contribution in [2.24, 2.45) is 0 Å². The second kappa shape index (κ2) is 10.7. The van der Waals surface area contributed by atoms with Crippen molar-refractivity contribution in [2.75, 3.05) is 26.2 Å². The highest BCUT2D eigenvalue weighted by Crippen LogP contribution is 2.16. The maximum absolute atomic E-state index is 12.1. The molecule has 1 heterocycles. The van der Waals surface area contributed by atoms with E-state index in [4.69, 9.17) is 9.84 Å². The highest BCUT2D eigenvalue weighted by Gasteiger charge is 2.19. The minimum atomic E-state index is -1.04. The van der Waals surface area contributed by atoms with Crippen molar-refractivity contribution in [3.63, 3.8) is 0 Å². The van der Waals surface area contributed by atoms with E-state index in [0.717, 1.165) is 38.9 Å². The number of amides is 1. The summed E-state index contributed by atoms with van der Waals surface area (Å²) in [5.74, 6) is -1.30. The van der Waals surface area contributed by atoms with E-state index in [0.29, 0.717) is 18.7 Å². The SMILES string of the molecule is O=C(O)c1cccc(C(=O)NCCCOC2CCN(Cc3ccccc3)CC2)c1. The van der Waals surface area contributed by atoms with Crippen LogP contribution in [0, 0.1) is 0 Å². The Morgan fingerprint density at radius 2 is 1.76 bits per heavy atom. The Hall–Kier alpha value is -2.70. The zero-order chi connectivity index (χ0) is 20.5. The molecule has 6 nitrogen and oxygen atoms in total. The number of hydrogen-bond donors (Lipinski definition) is 2. The third-order valence-corrected chi connectivity index (χ3v) is 5.12. The Kier molecular flexibility index (Phi) is 7.78. The van der Waals surface area contributed by atoms with Gasteiger partial charge in [0.2, 0.25) is 0 Å². The number of rotatable bonds is 9. The summed E-state index contributed by atoms with van der Waals surface area (Å²) in [7, 11) is 0. The first-order valence-electron chi connectivity index (χ1n) is 10.1. The van der Waals surface area contributed by atoms with Crippen molar-refractivity contribution < 1.29 is 19.4 Å². The lowest BCUT2D eigenvalue weighted by Gasteiger charge is -2.32. The molecular weight excluding hydrogens is 368 g/mol. The summed E-state index contributed by atoms with van der Waals surface area (Å²) in [6.45, 7) is 4.18. The Bertz CT molecular complexity index is 802. The molecule has 0 aliphatic carbocycles. The first kappa shape index (κ1) is 21.0. The molecule has 0 radical (unpaired) electrons.